The van der Waals surface area contributed by atoms with Gasteiger partial charge >= 0.3 is 0 Å². The van der Waals surface area contributed by atoms with Crippen molar-refractivity contribution in [2.24, 2.45) is 10.9 Å². The highest BCUT2D eigenvalue weighted by Gasteiger charge is 2.49. The lowest BCUT2D eigenvalue weighted by Crippen LogP contribution is -2.37. The van der Waals surface area contributed by atoms with Crippen LogP contribution in [0.2, 0.25) is 0 Å². The van der Waals surface area contributed by atoms with E-state index in [9.17, 15) is 13.2 Å². The Morgan fingerprint density at radius 2 is 1.92 bits per heavy atom. The minimum atomic E-state index is -3.03. The first-order valence-corrected chi connectivity index (χ1v) is 11.0. The number of carbonyl (C=O) groups excluding carboxylic acids is 1. The molecular weight excluding hydrogens is 344 g/mol. The summed E-state index contributed by atoms with van der Waals surface area (Å²) in [5.74, 6) is 0.105. The molecule has 2 aliphatic rings. The summed E-state index contributed by atoms with van der Waals surface area (Å²) in [6.45, 7) is 3.98. The summed E-state index contributed by atoms with van der Waals surface area (Å²) >= 11 is 1.43. The summed E-state index contributed by atoms with van der Waals surface area (Å²) in [5.41, 5.74) is 0.894. The van der Waals surface area contributed by atoms with Crippen molar-refractivity contribution in [1.29, 1.82) is 0 Å². The van der Waals surface area contributed by atoms with Crippen LogP contribution >= 0.6 is 11.8 Å². The predicted molar refractivity (Wildman–Crippen MR) is 99.3 cm³/mol. The van der Waals surface area contributed by atoms with E-state index in [-0.39, 0.29) is 34.6 Å². The van der Waals surface area contributed by atoms with E-state index in [0.29, 0.717) is 5.17 Å². The molecule has 2 aliphatic heterocycles. The van der Waals surface area contributed by atoms with Gasteiger partial charge in [0.1, 0.15) is 0 Å². The van der Waals surface area contributed by atoms with Crippen LogP contribution in [0.4, 0.5) is 5.69 Å². The van der Waals surface area contributed by atoms with Crippen molar-refractivity contribution in [3.63, 3.8) is 0 Å². The molecule has 7 heteroatoms. The molecular formula is C17H22N2O3S2. The molecule has 0 saturated carbocycles. The number of thioether (sulfide) groups is 1. The molecule has 0 bridgehead atoms. The number of carbonyl (C=O) groups is 1. The molecule has 0 aromatic heterocycles. The second-order valence-corrected chi connectivity index (χ2v) is 9.61. The van der Waals surface area contributed by atoms with Crippen molar-refractivity contribution in [2.75, 3.05) is 16.4 Å². The highest BCUT2D eigenvalue weighted by Crippen LogP contribution is 2.41. The van der Waals surface area contributed by atoms with Gasteiger partial charge in [0.05, 0.1) is 17.5 Å². The van der Waals surface area contributed by atoms with Gasteiger partial charge in [0, 0.05) is 16.9 Å². The Balaban J connectivity index is 1.96. The van der Waals surface area contributed by atoms with E-state index in [4.69, 9.17) is 0 Å². The minimum Gasteiger partial charge on any atom is -0.316 e. The number of sulfone groups is 1. The fraction of sp³-hybridized carbons (Fsp3) is 0.529. The third-order valence-corrected chi connectivity index (χ3v) is 7.85. The van der Waals surface area contributed by atoms with E-state index in [1.54, 1.807) is 0 Å². The predicted octanol–water partition coefficient (Wildman–Crippen LogP) is 2.72. The van der Waals surface area contributed by atoms with Crippen LogP contribution in [-0.2, 0) is 14.6 Å². The standard InChI is InChI=1S/C17H22N2O3S2/c1-3-12(4-2)16(20)18-17-19(13-8-6-5-7-9-13)14-10-24(21,22)11-15(14)23-17/h5-9,12,14-15H,3-4,10-11H2,1-2H3/t14-,15-/m0/s1. The van der Waals surface area contributed by atoms with Crippen LogP contribution in [0, 0.1) is 5.92 Å². The largest absolute Gasteiger partial charge is 0.316 e. The number of amidine groups is 1. The van der Waals surface area contributed by atoms with Gasteiger partial charge in [-0.1, -0.05) is 43.8 Å². The van der Waals surface area contributed by atoms with Crippen LogP contribution in [0.3, 0.4) is 0 Å². The Morgan fingerprint density at radius 1 is 1.25 bits per heavy atom. The molecule has 0 unspecified atom stereocenters. The lowest BCUT2D eigenvalue weighted by Gasteiger charge is -2.24. The van der Waals surface area contributed by atoms with E-state index in [0.717, 1.165) is 18.5 Å². The summed E-state index contributed by atoms with van der Waals surface area (Å²) in [5, 5.41) is 0.589. The van der Waals surface area contributed by atoms with Crippen LogP contribution in [0.1, 0.15) is 26.7 Å². The molecule has 0 N–H and O–H groups in total. The Morgan fingerprint density at radius 3 is 2.54 bits per heavy atom. The third kappa shape index (κ3) is 3.37. The van der Waals surface area contributed by atoms with Crippen molar-refractivity contribution in [3.8, 4) is 0 Å². The maximum atomic E-state index is 12.4. The first-order valence-electron chi connectivity index (χ1n) is 8.29. The Labute approximate surface area is 147 Å². The van der Waals surface area contributed by atoms with E-state index in [1.165, 1.54) is 11.8 Å². The summed E-state index contributed by atoms with van der Waals surface area (Å²) in [7, 11) is -3.03. The molecule has 0 spiro atoms. The third-order valence-electron chi connectivity index (χ3n) is 4.64. The summed E-state index contributed by atoms with van der Waals surface area (Å²) in [4.78, 5) is 18.8. The lowest BCUT2D eigenvalue weighted by molar-refractivity contribution is -0.121. The molecule has 2 fully saturated rings. The fourth-order valence-electron chi connectivity index (χ4n) is 3.28. The Kier molecular flexibility index (Phi) is 5.01. The molecule has 3 rings (SSSR count). The number of nitrogens with zero attached hydrogens (tertiary/aromatic N) is 2. The van der Waals surface area contributed by atoms with E-state index in [2.05, 4.69) is 4.99 Å². The number of amides is 1. The highest BCUT2D eigenvalue weighted by molar-refractivity contribution is 8.16. The molecule has 1 amide bonds. The average molecular weight is 367 g/mol. The number of benzene rings is 1. The molecule has 2 heterocycles. The average Bonchev–Trinajstić information content (AvgIpc) is 3.00. The van der Waals surface area contributed by atoms with Crippen LogP contribution in [0.5, 0.6) is 0 Å². The quantitative estimate of drug-likeness (QED) is 0.820. The Bertz CT molecular complexity index is 742. The molecule has 24 heavy (non-hydrogen) atoms. The van der Waals surface area contributed by atoms with Gasteiger partial charge in [-0.15, -0.1) is 0 Å². The number of hydrogen-bond donors (Lipinski definition) is 0. The number of para-hydroxylation sites is 1. The normalized spacial score (nSPS) is 27.0. The van der Waals surface area contributed by atoms with E-state index >= 15 is 0 Å². The van der Waals surface area contributed by atoms with Crippen LogP contribution in [0.25, 0.3) is 0 Å². The molecule has 2 saturated heterocycles. The zero-order chi connectivity index (χ0) is 17.3. The second kappa shape index (κ2) is 6.88. The monoisotopic (exact) mass is 366 g/mol. The number of rotatable bonds is 4. The zero-order valence-electron chi connectivity index (χ0n) is 13.9. The van der Waals surface area contributed by atoms with Crippen molar-refractivity contribution in [2.45, 2.75) is 38.0 Å². The number of hydrogen-bond acceptors (Lipinski definition) is 4. The number of fused-ring (bicyclic) bond motifs is 1. The fourth-order valence-corrected chi connectivity index (χ4v) is 7.20. The molecule has 1 aromatic rings. The molecule has 2 atom stereocenters. The summed E-state index contributed by atoms with van der Waals surface area (Å²) in [6.07, 6.45) is 1.53. The van der Waals surface area contributed by atoms with Crippen molar-refractivity contribution in [3.05, 3.63) is 30.3 Å². The zero-order valence-corrected chi connectivity index (χ0v) is 15.5. The molecule has 1 aromatic carbocycles. The summed E-state index contributed by atoms with van der Waals surface area (Å²) in [6, 6.07) is 9.47. The van der Waals surface area contributed by atoms with Gasteiger partial charge in [-0.3, -0.25) is 4.79 Å². The van der Waals surface area contributed by atoms with Gasteiger partial charge in [0.15, 0.2) is 15.0 Å². The van der Waals surface area contributed by atoms with Crippen LogP contribution in [-0.4, -0.2) is 42.3 Å². The minimum absolute atomic E-state index is 0.0524. The van der Waals surface area contributed by atoms with Gasteiger partial charge in [0.2, 0.25) is 0 Å². The number of anilines is 1. The van der Waals surface area contributed by atoms with Gasteiger partial charge in [-0.25, -0.2) is 8.42 Å². The highest BCUT2D eigenvalue weighted by atomic mass is 32.2. The van der Waals surface area contributed by atoms with Crippen LogP contribution in [0.15, 0.2) is 35.3 Å². The topological polar surface area (TPSA) is 66.8 Å². The first kappa shape index (κ1) is 17.5. The van der Waals surface area contributed by atoms with E-state index < -0.39 is 9.84 Å². The van der Waals surface area contributed by atoms with Gasteiger partial charge < -0.3 is 4.90 Å². The van der Waals surface area contributed by atoms with Crippen LogP contribution < -0.4 is 4.90 Å². The SMILES string of the molecule is CCC(CC)C(=O)N=C1S[C@H]2CS(=O)(=O)C[C@@H]2N1c1ccccc1. The van der Waals surface area contributed by atoms with Gasteiger partial charge in [-0.2, -0.15) is 4.99 Å². The van der Waals surface area contributed by atoms with E-state index in [1.807, 2.05) is 49.1 Å². The molecule has 5 nitrogen and oxygen atoms in total. The first-order chi connectivity index (χ1) is 11.4. The maximum absolute atomic E-state index is 12.4. The van der Waals surface area contributed by atoms with Gasteiger partial charge in [-0.05, 0) is 25.0 Å². The van der Waals surface area contributed by atoms with Gasteiger partial charge in [0.25, 0.3) is 5.91 Å². The molecule has 130 valence electrons. The lowest BCUT2D eigenvalue weighted by atomic mass is 10.0. The van der Waals surface area contributed by atoms with Crippen molar-refractivity contribution < 1.29 is 13.2 Å². The maximum Gasteiger partial charge on any atom is 0.251 e. The smallest absolute Gasteiger partial charge is 0.251 e. The molecule has 0 radical (unpaired) electrons. The second-order valence-electron chi connectivity index (χ2n) is 6.25. The number of aliphatic imine (C=N–C) groups is 1. The summed E-state index contributed by atoms with van der Waals surface area (Å²) < 4.78 is 24.0. The van der Waals surface area contributed by atoms with Crippen molar-refractivity contribution in [1.82, 2.24) is 0 Å². The van der Waals surface area contributed by atoms with Crippen molar-refractivity contribution >= 4 is 38.4 Å². The molecule has 0 aliphatic carbocycles. The Hall–Kier alpha value is -1.34.